The van der Waals surface area contributed by atoms with Gasteiger partial charge in [0.15, 0.2) is 0 Å². The fourth-order valence-corrected chi connectivity index (χ4v) is 2.63. The second kappa shape index (κ2) is 5.75. The van der Waals surface area contributed by atoms with Gasteiger partial charge in [0.05, 0.1) is 19.4 Å². The predicted octanol–water partition coefficient (Wildman–Crippen LogP) is 3.21. The highest BCUT2D eigenvalue weighted by Crippen LogP contribution is 2.15. The Labute approximate surface area is 120 Å². The van der Waals surface area contributed by atoms with E-state index in [1.807, 2.05) is 29.6 Å². The van der Waals surface area contributed by atoms with E-state index in [-0.39, 0.29) is 6.03 Å². The van der Waals surface area contributed by atoms with Crippen molar-refractivity contribution >= 4 is 17.4 Å². The SMILES string of the molecule is O=C(N(Cc1ccco1)Cc1cccs1)n1ccnc1. The average Bonchev–Trinajstić information content (AvgIpc) is 3.20. The van der Waals surface area contributed by atoms with Crippen molar-refractivity contribution in [3.05, 3.63) is 65.3 Å². The van der Waals surface area contributed by atoms with Crippen molar-refractivity contribution in [3.8, 4) is 0 Å². The Morgan fingerprint density at radius 1 is 1.35 bits per heavy atom. The van der Waals surface area contributed by atoms with Crippen LogP contribution in [0.15, 0.2) is 59.0 Å². The van der Waals surface area contributed by atoms with Gasteiger partial charge in [-0.05, 0) is 23.6 Å². The number of hydrogen-bond donors (Lipinski definition) is 0. The van der Waals surface area contributed by atoms with Crippen LogP contribution >= 0.6 is 11.3 Å². The molecule has 0 aromatic carbocycles. The van der Waals surface area contributed by atoms with E-state index in [1.165, 1.54) is 10.9 Å². The lowest BCUT2D eigenvalue weighted by Gasteiger charge is -2.20. The van der Waals surface area contributed by atoms with Gasteiger partial charge in [0.2, 0.25) is 0 Å². The number of hydrogen-bond acceptors (Lipinski definition) is 4. The van der Waals surface area contributed by atoms with Crippen molar-refractivity contribution in [2.75, 3.05) is 0 Å². The Bertz CT molecular complexity index is 608. The smallest absolute Gasteiger partial charge is 0.330 e. The Morgan fingerprint density at radius 3 is 2.95 bits per heavy atom. The van der Waals surface area contributed by atoms with Crippen LogP contribution in [0.5, 0.6) is 0 Å². The zero-order chi connectivity index (χ0) is 13.8. The number of carbonyl (C=O) groups excluding carboxylic acids is 1. The summed E-state index contributed by atoms with van der Waals surface area (Å²) < 4.78 is 6.80. The van der Waals surface area contributed by atoms with E-state index in [0.717, 1.165) is 10.6 Å². The summed E-state index contributed by atoms with van der Waals surface area (Å²) in [7, 11) is 0. The van der Waals surface area contributed by atoms with E-state index >= 15 is 0 Å². The molecule has 3 heterocycles. The zero-order valence-electron chi connectivity index (χ0n) is 10.7. The van der Waals surface area contributed by atoms with Crippen molar-refractivity contribution in [2.24, 2.45) is 0 Å². The maximum atomic E-state index is 12.5. The molecular formula is C14H13N3O2S. The quantitative estimate of drug-likeness (QED) is 0.740. The molecule has 0 radical (unpaired) electrons. The molecule has 0 saturated carbocycles. The minimum Gasteiger partial charge on any atom is -0.467 e. The third-order valence-electron chi connectivity index (χ3n) is 2.85. The average molecular weight is 287 g/mol. The van der Waals surface area contributed by atoms with E-state index in [1.54, 1.807) is 34.9 Å². The second-order valence-corrected chi connectivity index (χ2v) is 5.30. The second-order valence-electron chi connectivity index (χ2n) is 4.27. The number of imidazole rings is 1. The standard InChI is InChI=1S/C14H13N3O2S/c18-14(16-6-5-15-11-16)17(9-12-3-1-7-19-12)10-13-4-2-8-20-13/h1-8,11H,9-10H2. The van der Waals surface area contributed by atoms with Gasteiger partial charge in [-0.15, -0.1) is 11.3 Å². The van der Waals surface area contributed by atoms with Crippen molar-refractivity contribution in [1.82, 2.24) is 14.5 Å². The molecule has 0 spiro atoms. The number of rotatable bonds is 4. The van der Waals surface area contributed by atoms with Crippen molar-refractivity contribution in [3.63, 3.8) is 0 Å². The maximum absolute atomic E-state index is 12.5. The van der Waals surface area contributed by atoms with E-state index in [9.17, 15) is 4.79 Å². The van der Waals surface area contributed by atoms with E-state index < -0.39 is 0 Å². The fraction of sp³-hybridized carbons (Fsp3) is 0.143. The predicted molar refractivity (Wildman–Crippen MR) is 75.3 cm³/mol. The molecule has 3 rings (SSSR count). The summed E-state index contributed by atoms with van der Waals surface area (Å²) in [6, 6.07) is 7.56. The number of amides is 1. The Balaban J connectivity index is 1.81. The van der Waals surface area contributed by atoms with Crippen molar-refractivity contribution in [2.45, 2.75) is 13.1 Å². The summed E-state index contributed by atoms with van der Waals surface area (Å²) in [5, 5.41) is 2.00. The highest BCUT2D eigenvalue weighted by Gasteiger charge is 2.17. The van der Waals surface area contributed by atoms with Crippen LogP contribution in [0.1, 0.15) is 10.6 Å². The summed E-state index contributed by atoms with van der Waals surface area (Å²) >= 11 is 1.63. The minimum absolute atomic E-state index is 0.118. The summed E-state index contributed by atoms with van der Waals surface area (Å²) in [5.41, 5.74) is 0. The van der Waals surface area contributed by atoms with Crippen LogP contribution in [0.4, 0.5) is 4.79 Å². The monoisotopic (exact) mass is 287 g/mol. The first-order valence-corrected chi connectivity index (χ1v) is 7.03. The molecule has 0 fully saturated rings. The van der Waals surface area contributed by atoms with Crippen molar-refractivity contribution < 1.29 is 9.21 Å². The molecule has 0 bridgehead atoms. The van der Waals surface area contributed by atoms with Gasteiger partial charge >= 0.3 is 6.03 Å². The van der Waals surface area contributed by atoms with E-state index in [2.05, 4.69) is 4.98 Å². The molecule has 3 aromatic heterocycles. The lowest BCUT2D eigenvalue weighted by atomic mass is 10.3. The Morgan fingerprint density at radius 2 is 2.30 bits per heavy atom. The molecule has 0 unspecified atom stereocenters. The summed E-state index contributed by atoms with van der Waals surface area (Å²) in [5.74, 6) is 0.759. The van der Waals surface area contributed by atoms with Gasteiger partial charge in [0.1, 0.15) is 12.1 Å². The fourth-order valence-electron chi connectivity index (χ4n) is 1.91. The molecule has 0 N–H and O–H groups in total. The van der Waals surface area contributed by atoms with Gasteiger partial charge in [-0.25, -0.2) is 9.78 Å². The molecule has 0 aliphatic carbocycles. The number of carbonyl (C=O) groups is 1. The number of aromatic nitrogens is 2. The third-order valence-corrected chi connectivity index (χ3v) is 3.71. The van der Waals surface area contributed by atoms with E-state index in [0.29, 0.717) is 13.1 Å². The minimum atomic E-state index is -0.118. The molecule has 3 aromatic rings. The van der Waals surface area contributed by atoms with Gasteiger partial charge in [-0.1, -0.05) is 6.07 Å². The molecule has 0 aliphatic heterocycles. The van der Waals surface area contributed by atoms with Crippen molar-refractivity contribution in [1.29, 1.82) is 0 Å². The lowest BCUT2D eigenvalue weighted by Crippen LogP contribution is -2.32. The van der Waals surface area contributed by atoms with Crippen LogP contribution in [0.3, 0.4) is 0 Å². The van der Waals surface area contributed by atoms with Gasteiger partial charge in [-0.2, -0.15) is 0 Å². The van der Waals surface area contributed by atoms with Gasteiger partial charge in [-0.3, -0.25) is 4.57 Å². The van der Waals surface area contributed by atoms with Gasteiger partial charge in [0, 0.05) is 17.3 Å². The highest BCUT2D eigenvalue weighted by molar-refractivity contribution is 7.09. The molecule has 5 nitrogen and oxygen atoms in total. The lowest BCUT2D eigenvalue weighted by molar-refractivity contribution is 0.189. The molecule has 0 saturated heterocycles. The zero-order valence-corrected chi connectivity index (χ0v) is 11.5. The Kier molecular flexibility index (Phi) is 3.64. The van der Waals surface area contributed by atoms with Crippen LogP contribution in [0.2, 0.25) is 0 Å². The summed E-state index contributed by atoms with van der Waals surface area (Å²) in [6.45, 7) is 0.983. The number of thiophene rings is 1. The topological polar surface area (TPSA) is 51.3 Å². The first-order chi connectivity index (χ1) is 9.83. The summed E-state index contributed by atoms with van der Waals surface area (Å²) in [6.07, 6.45) is 6.35. The molecule has 6 heteroatoms. The molecular weight excluding hydrogens is 274 g/mol. The molecule has 0 aliphatic rings. The molecule has 1 amide bonds. The normalized spacial score (nSPS) is 10.6. The van der Waals surface area contributed by atoms with Crippen LogP contribution in [0.25, 0.3) is 0 Å². The first kappa shape index (κ1) is 12.7. The summed E-state index contributed by atoms with van der Waals surface area (Å²) in [4.78, 5) is 19.2. The molecule has 0 atom stereocenters. The van der Waals surface area contributed by atoms with E-state index in [4.69, 9.17) is 4.42 Å². The largest absolute Gasteiger partial charge is 0.467 e. The van der Waals surface area contributed by atoms with Crippen LogP contribution < -0.4 is 0 Å². The maximum Gasteiger partial charge on any atom is 0.330 e. The molecule has 102 valence electrons. The number of nitrogens with zero attached hydrogens (tertiary/aromatic N) is 3. The van der Waals surface area contributed by atoms with Gasteiger partial charge in [0.25, 0.3) is 0 Å². The van der Waals surface area contributed by atoms with Crippen LogP contribution in [-0.2, 0) is 13.1 Å². The van der Waals surface area contributed by atoms with Gasteiger partial charge < -0.3 is 9.32 Å². The first-order valence-electron chi connectivity index (χ1n) is 6.15. The number of furan rings is 1. The third kappa shape index (κ3) is 2.80. The van der Waals surface area contributed by atoms with Crippen LogP contribution in [0, 0.1) is 0 Å². The van der Waals surface area contributed by atoms with Crippen LogP contribution in [-0.4, -0.2) is 20.5 Å². The highest BCUT2D eigenvalue weighted by atomic mass is 32.1. The molecule has 20 heavy (non-hydrogen) atoms. The Hall–Kier alpha value is -2.34.